The largest absolute Gasteiger partial charge is 0.457 e. The van der Waals surface area contributed by atoms with Crippen molar-refractivity contribution in [2.45, 2.75) is 102 Å². The zero-order valence-corrected chi connectivity index (χ0v) is 33.9. The van der Waals surface area contributed by atoms with Crippen molar-refractivity contribution in [2.75, 3.05) is 24.7 Å². The van der Waals surface area contributed by atoms with Crippen LogP contribution in [0.5, 0.6) is 0 Å². The van der Waals surface area contributed by atoms with E-state index >= 15 is 19.2 Å². The molecule has 10 atom stereocenters. The number of likely N-dealkylation sites (N-methyl/N-ethyl adjacent to an activating group) is 2. The molecule has 8 fully saturated rings. The van der Waals surface area contributed by atoms with Gasteiger partial charge in [0.2, 0.25) is 9.74 Å². The lowest BCUT2D eigenvalue weighted by Crippen LogP contribution is -2.78. The number of para-hydroxylation sites is 2. The monoisotopic (exact) mass is 808 g/mol. The number of fused-ring (bicyclic) bond motifs is 11. The number of piperazine rings is 2. The summed E-state index contributed by atoms with van der Waals surface area (Å²) in [5.74, 6) is -2.06. The van der Waals surface area contributed by atoms with Crippen LogP contribution < -0.4 is 10.6 Å². The predicted octanol–water partition coefficient (Wildman–Crippen LogP) is 3.71. The molecular formula is C37H40N6O7S4. The van der Waals surface area contributed by atoms with Gasteiger partial charge in [-0.05, 0) is 78.5 Å². The molecule has 13 nitrogen and oxygen atoms in total. The highest BCUT2D eigenvalue weighted by Gasteiger charge is 2.94. The van der Waals surface area contributed by atoms with Crippen molar-refractivity contribution in [3.8, 4) is 0 Å². The van der Waals surface area contributed by atoms with Crippen LogP contribution in [0.25, 0.3) is 0 Å². The number of carbonyl (C=O) groups excluding carboxylic acids is 5. The molecule has 10 aliphatic heterocycles. The summed E-state index contributed by atoms with van der Waals surface area (Å²) >= 11 is 0. The average Bonchev–Trinajstić information content (AvgIpc) is 3.81. The number of hydrogen-bond donors (Lipinski definition) is 3. The van der Waals surface area contributed by atoms with Crippen molar-refractivity contribution in [3.05, 3.63) is 59.7 Å². The van der Waals surface area contributed by atoms with E-state index in [1.807, 2.05) is 62.4 Å². The lowest BCUT2D eigenvalue weighted by atomic mass is 9.52. The number of nitrogens with zero attached hydrogens (tertiary/aromatic N) is 4. The van der Waals surface area contributed by atoms with Crippen LogP contribution in [0.4, 0.5) is 11.4 Å². The molecule has 0 radical (unpaired) electrons. The first-order valence-electron chi connectivity index (χ1n) is 18.2. The molecule has 0 aliphatic carbocycles. The van der Waals surface area contributed by atoms with E-state index in [-0.39, 0.29) is 11.8 Å². The number of rotatable bonds is 4. The van der Waals surface area contributed by atoms with E-state index in [9.17, 15) is 9.90 Å². The molecule has 54 heavy (non-hydrogen) atoms. The number of aliphatic hydroxyl groups excluding tert-OH is 1. The predicted molar refractivity (Wildman–Crippen MR) is 208 cm³/mol. The molecule has 4 amide bonds. The quantitative estimate of drug-likeness (QED) is 0.305. The Morgan fingerprint density at radius 1 is 0.722 bits per heavy atom. The first-order chi connectivity index (χ1) is 25.6. The number of esters is 1. The maximum absolute atomic E-state index is 15.4. The molecule has 2 aromatic carbocycles. The Balaban J connectivity index is 1.37. The van der Waals surface area contributed by atoms with Gasteiger partial charge in [-0.3, -0.25) is 33.8 Å². The lowest BCUT2D eigenvalue weighted by Gasteiger charge is -2.59. The van der Waals surface area contributed by atoms with E-state index in [1.165, 1.54) is 53.0 Å². The third-order valence-corrected chi connectivity index (χ3v) is 21.1. The summed E-state index contributed by atoms with van der Waals surface area (Å²) in [6.07, 6.45) is -4.57. The normalized spacial score (nSPS) is 42.0. The summed E-state index contributed by atoms with van der Waals surface area (Å²) in [7, 11) is 8.22. The van der Waals surface area contributed by atoms with E-state index in [2.05, 4.69) is 10.6 Å². The van der Waals surface area contributed by atoms with Gasteiger partial charge in [-0.1, -0.05) is 71.8 Å². The molecule has 3 N–H and O–H groups in total. The molecule has 10 heterocycles. The third kappa shape index (κ3) is 3.22. The van der Waals surface area contributed by atoms with Crippen molar-refractivity contribution >= 4 is 84.1 Å². The van der Waals surface area contributed by atoms with Gasteiger partial charge in [0.25, 0.3) is 23.6 Å². The molecule has 10 aliphatic rings. The maximum Gasteiger partial charge on any atom is 0.311 e. The average molecular weight is 809 g/mol. The highest BCUT2D eigenvalue weighted by atomic mass is 33.1. The van der Waals surface area contributed by atoms with Gasteiger partial charge in [-0.15, -0.1) is 0 Å². The van der Waals surface area contributed by atoms with Gasteiger partial charge < -0.3 is 30.3 Å². The van der Waals surface area contributed by atoms with Gasteiger partial charge in [-0.25, -0.2) is 0 Å². The van der Waals surface area contributed by atoms with Crippen molar-refractivity contribution < 1.29 is 33.8 Å². The molecule has 0 saturated carbocycles. The number of hydrogen-bond acceptors (Lipinski definition) is 13. The van der Waals surface area contributed by atoms with Gasteiger partial charge in [-0.2, -0.15) is 0 Å². The molecule has 8 saturated heterocycles. The summed E-state index contributed by atoms with van der Waals surface area (Å²) < 4.78 is 6.89. The number of aliphatic hydroxyl groups is 1. The van der Waals surface area contributed by atoms with Crippen LogP contribution in [0.3, 0.4) is 0 Å². The van der Waals surface area contributed by atoms with Crippen molar-refractivity contribution in [1.29, 1.82) is 0 Å². The summed E-state index contributed by atoms with van der Waals surface area (Å²) in [5, 5.41) is 21.0. The first kappa shape index (κ1) is 35.2. The van der Waals surface area contributed by atoms with E-state index in [1.54, 1.807) is 44.7 Å². The van der Waals surface area contributed by atoms with Crippen LogP contribution in [0.1, 0.15) is 58.6 Å². The highest BCUT2D eigenvalue weighted by molar-refractivity contribution is 8.78. The fourth-order valence-electron chi connectivity index (χ4n) is 11.0. The van der Waals surface area contributed by atoms with Crippen LogP contribution in [0.15, 0.2) is 48.5 Å². The van der Waals surface area contributed by atoms with E-state index < -0.39 is 78.1 Å². The topological polar surface area (TPSA) is 152 Å². The zero-order valence-electron chi connectivity index (χ0n) is 30.7. The number of anilines is 2. The van der Waals surface area contributed by atoms with Crippen LogP contribution in [0.2, 0.25) is 0 Å². The van der Waals surface area contributed by atoms with Crippen molar-refractivity contribution in [1.82, 2.24) is 19.6 Å². The van der Waals surface area contributed by atoms with Gasteiger partial charge in [0, 0.05) is 25.5 Å². The summed E-state index contributed by atoms with van der Waals surface area (Å²) in [4.78, 5) is 75.5. The Kier molecular flexibility index (Phi) is 6.76. The molecule has 12 rings (SSSR count). The second-order valence-corrected chi connectivity index (χ2v) is 21.7. The molecule has 4 bridgehead atoms. The zero-order chi connectivity index (χ0) is 38.3. The van der Waals surface area contributed by atoms with Gasteiger partial charge >= 0.3 is 5.97 Å². The van der Waals surface area contributed by atoms with E-state index in [4.69, 9.17) is 4.74 Å². The SMILES string of the molecule is CC[C@@]12SS[C@]3(C(=O)N1C)[C@@H](O)C1([C@@]45c6ccccc6N[C@@H]4N4C(=O)[C@]6(CC)SS[C@]4(C(=O)N6C)[C@H]5OC(=O)C(C)(C)C)c4ccccc4N[C@@H]1N3C2=O. The Labute approximate surface area is 328 Å². The van der Waals surface area contributed by atoms with Crippen LogP contribution in [0, 0.1) is 5.41 Å². The molecule has 284 valence electrons. The summed E-state index contributed by atoms with van der Waals surface area (Å²) in [5.41, 5.74) is -1.95. The van der Waals surface area contributed by atoms with E-state index in [0.29, 0.717) is 35.3 Å². The molecule has 1 unspecified atom stereocenters. The molecule has 0 aromatic heterocycles. The van der Waals surface area contributed by atoms with Crippen LogP contribution in [-0.2, 0) is 39.5 Å². The Morgan fingerprint density at radius 3 is 1.69 bits per heavy atom. The molecular weight excluding hydrogens is 769 g/mol. The van der Waals surface area contributed by atoms with Crippen LogP contribution >= 0.6 is 43.2 Å². The standard InChI is InChI=1S/C37H40N6O7S4/c1-8-32-26(45)42-24-34(18-14-10-12-16-20(18)38-24,22(44)36(42,53-51-32)28(47)40(32)6)35-19-15-11-13-17-21(19)39-25(35)43-27(46)33(9-2)41(7)29(48)37(43,54-52-33)23(35)50-30(49)31(3,4)5/h10-17,22-25,38-39,44H,8-9H2,1-7H3/t22-,23-,24+,25+,32-,33-,34?,35+,36-,37-/m0/s1. The smallest absolute Gasteiger partial charge is 0.311 e. The summed E-state index contributed by atoms with van der Waals surface area (Å²) in [6.45, 7) is 8.94. The molecule has 2 spiro atoms. The number of nitrogens with one attached hydrogen (secondary N) is 2. The number of carbonyl (C=O) groups is 5. The molecule has 17 heteroatoms. The minimum absolute atomic E-state index is 0.317. The summed E-state index contributed by atoms with van der Waals surface area (Å²) in [6, 6.07) is 14.9. The van der Waals surface area contributed by atoms with Crippen molar-refractivity contribution in [3.63, 3.8) is 0 Å². The second-order valence-electron chi connectivity index (χ2n) is 16.4. The third-order valence-electron chi connectivity index (χ3n) is 13.5. The van der Waals surface area contributed by atoms with Gasteiger partial charge in [0.15, 0.2) is 15.8 Å². The minimum atomic E-state index is -1.82. The minimum Gasteiger partial charge on any atom is -0.457 e. The molecule has 2 aromatic rings. The van der Waals surface area contributed by atoms with Gasteiger partial charge in [0.1, 0.15) is 18.4 Å². The Hall–Kier alpha value is -3.25. The fourth-order valence-corrected chi connectivity index (χ4v) is 18.8. The van der Waals surface area contributed by atoms with E-state index in [0.717, 1.165) is 0 Å². The van der Waals surface area contributed by atoms with Gasteiger partial charge in [0.05, 0.1) is 16.2 Å². The Morgan fingerprint density at radius 2 is 1.17 bits per heavy atom. The fraction of sp³-hybridized carbons (Fsp3) is 0.541. The van der Waals surface area contributed by atoms with Crippen molar-refractivity contribution in [2.24, 2.45) is 5.41 Å². The first-order valence-corrected chi connectivity index (χ1v) is 22.5. The second kappa shape index (κ2) is 10.4. The number of ether oxygens (including phenoxy) is 1. The number of benzene rings is 2. The number of amides is 4. The Bertz CT molecular complexity index is 2160. The van der Waals surface area contributed by atoms with Crippen LogP contribution in [-0.4, -0.2) is 112 Å². The highest BCUT2D eigenvalue weighted by Crippen LogP contribution is 2.79. The lowest BCUT2D eigenvalue weighted by molar-refractivity contribution is -0.177. The maximum atomic E-state index is 15.4.